The van der Waals surface area contributed by atoms with Gasteiger partial charge in [0.1, 0.15) is 5.75 Å². The number of ether oxygens (including phenoxy) is 2. The third-order valence-corrected chi connectivity index (χ3v) is 5.06. The summed E-state index contributed by atoms with van der Waals surface area (Å²) in [6, 6.07) is 17.3. The van der Waals surface area contributed by atoms with Gasteiger partial charge in [0.2, 0.25) is 0 Å². The number of nitrogens with zero attached hydrogens (tertiary/aromatic N) is 1. The van der Waals surface area contributed by atoms with Crippen LogP contribution in [-0.4, -0.2) is 44.1 Å². The Labute approximate surface area is 165 Å². The third kappa shape index (κ3) is 4.60. The third-order valence-electron chi connectivity index (χ3n) is 5.06. The van der Waals surface area contributed by atoms with Gasteiger partial charge in [0, 0.05) is 18.7 Å². The molecular weight excluding hydrogens is 354 g/mol. The summed E-state index contributed by atoms with van der Waals surface area (Å²) in [6.07, 6.45) is 3.16. The van der Waals surface area contributed by atoms with Crippen molar-refractivity contribution in [3.05, 3.63) is 65.7 Å². The van der Waals surface area contributed by atoms with Crippen LogP contribution in [0.1, 0.15) is 24.0 Å². The molecule has 0 spiro atoms. The van der Waals surface area contributed by atoms with Gasteiger partial charge in [-0.1, -0.05) is 42.5 Å². The Hall–Kier alpha value is -3.08. The average Bonchev–Trinajstić information content (AvgIpc) is 2.77. The molecule has 3 rings (SSSR count). The minimum Gasteiger partial charge on any atom is -0.497 e. The molecule has 1 heterocycles. The van der Waals surface area contributed by atoms with Crippen molar-refractivity contribution in [2.75, 3.05) is 27.3 Å². The lowest BCUT2D eigenvalue weighted by atomic mass is 9.95. The van der Waals surface area contributed by atoms with Crippen molar-refractivity contribution in [3.63, 3.8) is 0 Å². The number of carbonyl (C=O) groups is 2. The number of benzene rings is 2. The van der Waals surface area contributed by atoms with Crippen LogP contribution in [0.3, 0.4) is 0 Å². The maximum atomic E-state index is 13.3. The number of carbonyl (C=O) groups excluding carboxylic acids is 2. The van der Waals surface area contributed by atoms with E-state index in [0.717, 1.165) is 16.9 Å². The highest BCUT2D eigenvalue weighted by molar-refractivity contribution is 6.24. The van der Waals surface area contributed by atoms with Gasteiger partial charge < -0.3 is 14.4 Å². The van der Waals surface area contributed by atoms with E-state index in [9.17, 15) is 9.59 Å². The van der Waals surface area contributed by atoms with Crippen molar-refractivity contribution >= 4 is 23.5 Å². The fraction of sp³-hybridized carbons (Fsp3) is 0.304. The molecule has 146 valence electrons. The van der Waals surface area contributed by atoms with Gasteiger partial charge in [0.25, 0.3) is 5.91 Å². The summed E-state index contributed by atoms with van der Waals surface area (Å²) >= 11 is 0. The summed E-state index contributed by atoms with van der Waals surface area (Å²) in [6.45, 7) is 1.09. The molecule has 0 atom stereocenters. The van der Waals surface area contributed by atoms with Crippen LogP contribution in [0.15, 0.2) is 54.6 Å². The van der Waals surface area contributed by atoms with E-state index in [1.165, 1.54) is 7.11 Å². The predicted molar refractivity (Wildman–Crippen MR) is 109 cm³/mol. The van der Waals surface area contributed by atoms with Gasteiger partial charge in [-0.25, -0.2) is 0 Å². The lowest BCUT2D eigenvalue weighted by molar-refractivity contribution is -0.148. The van der Waals surface area contributed by atoms with Crippen LogP contribution in [0.5, 0.6) is 5.75 Å². The SMILES string of the molecule is COC(=O)C1CCN(C(=O)/C(=C/c2ccc(OC)cc2)c2ccccc2)CC1. The number of piperidine rings is 1. The van der Waals surface area contributed by atoms with Gasteiger partial charge in [0.15, 0.2) is 0 Å². The van der Waals surface area contributed by atoms with Crippen LogP contribution in [0.2, 0.25) is 0 Å². The first-order valence-electron chi connectivity index (χ1n) is 9.40. The Morgan fingerprint density at radius 2 is 1.61 bits per heavy atom. The number of esters is 1. The molecule has 2 aromatic carbocycles. The van der Waals surface area contributed by atoms with E-state index in [1.807, 2.05) is 65.6 Å². The molecule has 1 saturated heterocycles. The van der Waals surface area contributed by atoms with E-state index in [1.54, 1.807) is 7.11 Å². The molecule has 1 amide bonds. The predicted octanol–water partition coefficient (Wildman–Crippen LogP) is 3.65. The first-order chi connectivity index (χ1) is 13.6. The Morgan fingerprint density at radius 3 is 2.18 bits per heavy atom. The molecule has 2 aromatic rings. The van der Waals surface area contributed by atoms with Crippen molar-refractivity contribution in [2.24, 2.45) is 5.92 Å². The van der Waals surface area contributed by atoms with Gasteiger partial charge in [-0.2, -0.15) is 0 Å². The highest BCUT2D eigenvalue weighted by atomic mass is 16.5. The van der Waals surface area contributed by atoms with Gasteiger partial charge in [-0.15, -0.1) is 0 Å². The Balaban J connectivity index is 1.84. The summed E-state index contributed by atoms with van der Waals surface area (Å²) in [4.78, 5) is 26.9. The molecule has 5 nitrogen and oxygen atoms in total. The summed E-state index contributed by atoms with van der Waals surface area (Å²) in [5, 5.41) is 0. The molecule has 0 N–H and O–H groups in total. The zero-order valence-corrected chi connectivity index (χ0v) is 16.3. The van der Waals surface area contributed by atoms with Gasteiger partial charge in [0.05, 0.1) is 20.1 Å². The summed E-state index contributed by atoms with van der Waals surface area (Å²) in [5.41, 5.74) is 2.44. The summed E-state index contributed by atoms with van der Waals surface area (Å²) in [5.74, 6) is 0.434. The molecule has 28 heavy (non-hydrogen) atoms. The molecule has 0 unspecified atom stereocenters. The largest absolute Gasteiger partial charge is 0.497 e. The lowest BCUT2D eigenvalue weighted by Crippen LogP contribution is -2.40. The van der Waals surface area contributed by atoms with Crippen LogP contribution in [-0.2, 0) is 14.3 Å². The van der Waals surface area contributed by atoms with Crippen LogP contribution in [0.25, 0.3) is 11.6 Å². The van der Waals surface area contributed by atoms with Gasteiger partial charge in [-0.05, 0) is 42.2 Å². The second-order valence-corrected chi connectivity index (χ2v) is 6.79. The number of hydrogen-bond donors (Lipinski definition) is 0. The molecule has 0 aliphatic carbocycles. The highest BCUT2D eigenvalue weighted by Crippen LogP contribution is 2.25. The number of amides is 1. The molecule has 1 aliphatic heterocycles. The summed E-state index contributed by atoms with van der Waals surface area (Å²) < 4.78 is 10.0. The van der Waals surface area contributed by atoms with Gasteiger partial charge in [-0.3, -0.25) is 9.59 Å². The van der Waals surface area contributed by atoms with Crippen LogP contribution >= 0.6 is 0 Å². The topological polar surface area (TPSA) is 55.8 Å². The average molecular weight is 379 g/mol. The fourth-order valence-corrected chi connectivity index (χ4v) is 3.41. The van der Waals surface area contributed by atoms with Crippen LogP contribution in [0.4, 0.5) is 0 Å². The monoisotopic (exact) mass is 379 g/mol. The van der Waals surface area contributed by atoms with Gasteiger partial charge >= 0.3 is 5.97 Å². The Kier molecular flexibility index (Phi) is 6.48. The maximum absolute atomic E-state index is 13.3. The van der Waals surface area contributed by atoms with E-state index in [-0.39, 0.29) is 17.8 Å². The fourth-order valence-electron chi connectivity index (χ4n) is 3.41. The van der Waals surface area contributed by atoms with Crippen molar-refractivity contribution < 1.29 is 19.1 Å². The maximum Gasteiger partial charge on any atom is 0.308 e. The quantitative estimate of drug-likeness (QED) is 0.452. The van der Waals surface area contributed by atoms with Crippen molar-refractivity contribution in [2.45, 2.75) is 12.8 Å². The lowest BCUT2D eigenvalue weighted by Gasteiger charge is -2.31. The molecule has 1 fully saturated rings. The van der Waals surface area contributed by atoms with Crippen LogP contribution in [0, 0.1) is 5.92 Å². The van der Waals surface area contributed by atoms with E-state index in [0.29, 0.717) is 31.5 Å². The molecular formula is C23H25NO4. The number of hydrogen-bond acceptors (Lipinski definition) is 4. The molecule has 5 heteroatoms. The Morgan fingerprint density at radius 1 is 0.964 bits per heavy atom. The van der Waals surface area contributed by atoms with E-state index in [4.69, 9.17) is 9.47 Å². The zero-order chi connectivity index (χ0) is 19.9. The second-order valence-electron chi connectivity index (χ2n) is 6.79. The molecule has 0 saturated carbocycles. The van der Waals surface area contributed by atoms with Crippen molar-refractivity contribution in [1.82, 2.24) is 4.90 Å². The normalized spacial score (nSPS) is 15.2. The first-order valence-corrected chi connectivity index (χ1v) is 9.40. The molecule has 0 radical (unpaired) electrons. The highest BCUT2D eigenvalue weighted by Gasteiger charge is 2.29. The second kappa shape index (κ2) is 9.22. The molecule has 0 bridgehead atoms. The van der Waals surface area contributed by atoms with Crippen molar-refractivity contribution in [1.29, 1.82) is 0 Å². The van der Waals surface area contributed by atoms with E-state index in [2.05, 4.69) is 0 Å². The van der Waals surface area contributed by atoms with Crippen LogP contribution < -0.4 is 4.74 Å². The van der Waals surface area contributed by atoms with E-state index >= 15 is 0 Å². The number of likely N-dealkylation sites (tertiary alicyclic amines) is 1. The molecule has 1 aliphatic rings. The minimum atomic E-state index is -0.191. The molecule has 0 aromatic heterocycles. The first kappa shape index (κ1) is 19.7. The summed E-state index contributed by atoms with van der Waals surface area (Å²) in [7, 11) is 3.03. The van der Waals surface area contributed by atoms with Crippen molar-refractivity contribution in [3.8, 4) is 5.75 Å². The van der Waals surface area contributed by atoms with E-state index < -0.39 is 0 Å². The number of methoxy groups -OCH3 is 2. The standard InChI is InChI=1S/C23H25NO4/c1-27-20-10-8-17(9-11-20)16-21(18-6-4-3-5-7-18)22(25)24-14-12-19(13-15-24)23(26)28-2/h3-11,16,19H,12-15H2,1-2H3/b21-16+. The zero-order valence-electron chi connectivity index (χ0n) is 16.3. The minimum absolute atomic E-state index is 0.0228. The Bertz CT molecular complexity index is 835. The number of rotatable bonds is 5. The smallest absolute Gasteiger partial charge is 0.308 e.